The zero-order valence-corrected chi connectivity index (χ0v) is 19.9. The number of ether oxygens (including phenoxy) is 3. The van der Waals surface area contributed by atoms with Crippen LogP contribution in [0.1, 0.15) is 28.4 Å². The highest BCUT2D eigenvalue weighted by Crippen LogP contribution is 2.30. The molecule has 0 atom stereocenters. The predicted octanol–water partition coefficient (Wildman–Crippen LogP) is 4.58. The number of rotatable bonds is 9. The van der Waals surface area contributed by atoms with Crippen LogP contribution in [-0.2, 0) is 21.4 Å². The Bertz CT molecular complexity index is 1210. The lowest BCUT2D eigenvalue weighted by molar-refractivity contribution is 0.0471. The van der Waals surface area contributed by atoms with Gasteiger partial charge >= 0.3 is 5.97 Å². The second-order valence-corrected chi connectivity index (χ2v) is 9.10. The number of carbonyl (C=O) groups is 1. The summed E-state index contributed by atoms with van der Waals surface area (Å²) in [6.45, 7) is 3.98. The number of benzene rings is 3. The van der Waals surface area contributed by atoms with Gasteiger partial charge in [0.2, 0.25) is 0 Å². The van der Waals surface area contributed by atoms with Crippen molar-refractivity contribution in [2.24, 2.45) is 0 Å². The number of para-hydroxylation sites is 1. The van der Waals surface area contributed by atoms with Crippen LogP contribution in [0.25, 0.3) is 0 Å². The zero-order chi connectivity index (χ0) is 24.0. The maximum absolute atomic E-state index is 13.1. The maximum atomic E-state index is 13.1. The fraction of sp³-hybridized carbons (Fsp3) is 0.240. The third kappa shape index (κ3) is 5.28. The second-order valence-electron chi connectivity index (χ2n) is 7.24. The number of methoxy groups -OCH3 is 2. The molecule has 3 aromatic carbocycles. The Hall–Kier alpha value is -3.52. The molecule has 3 rings (SSSR count). The highest BCUT2D eigenvalue weighted by Gasteiger charge is 2.24. The lowest BCUT2D eigenvalue weighted by Crippen LogP contribution is -2.30. The molecule has 0 radical (unpaired) electrons. The summed E-state index contributed by atoms with van der Waals surface area (Å²) in [7, 11) is -0.673. The first-order chi connectivity index (χ1) is 15.8. The number of hydrogen-bond acceptors (Lipinski definition) is 6. The summed E-state index contributed by atoms with van der Waals surface area (Å²) in [5, 5.41) is 0. The average Bonchev–Trinajstić information content (AvgIpc) is 2.83. The smallest absolute Gasteiger partial charge is 0.338 e. The molecule has 0 aliphatic heterocycles. The van der Waals surface area contributed by atoms with Crippen LogP contribution in [0.3, 0.4) is 0 Å². The molecule has 0 N–H and O–H groups in total. The van der Waals surface area contributed by atoms with E-state index < -0.39 is 16.0 Å². The van der Waals surface area contributed by atoms with Crippen molar-refractivity contribution in [2.45, 2.75) is 25.3 Å². The molecular formula is C25H27NO6S. The van der Waals surface area contributed by atoms with Gasteiger partial charge in [-0.1, -0.05) is 18.2 Å². The number of sulfonamides is 1. The minimum atomic E-state index is -3.77. The van der Waals surface area contributed by atoms with E-state index in [1.54, 1.807) is 44.4 Å². The first-order valence-electron chi connectivity index (χ1n) is 10.4. The quantitative estimate of drug-likeness (QED) is 0.427. The van der Waals surface area contributed by atoms with Gasteiger partial charge in [-0.25, -0.2) is 13.2 Å². The summed E-state index contributed by atoms with van der Waals surface area (Å²) < 4.78 is 43.5. The molecule has 0 saturated heterocycles. The molecule has 0 heterocycles. The number of hydrogen-bond donors (Lipinski definition) is 0. The zero-order valence-electron chi connectivity index (χ0n) is 19.1. The van der Waals surface area contributed by atoms with Crippen molar-refractivity contribution in [3.8, 4) is 11.5 Å². The van der Waals surface area contributed by atoms with Crippen molar-refractivity contribution < 1.29 is 27.4 Å². The van der Waals surface area contributed by atoms with Gasteiger partial charge in [0.25, 0.3) is 10.0 Å². The van der Waals surface area contributed by atoms with Gasteiger partial charge < -0.3 is 14.2 Å². The van der Waals surface area contributed by atoms with Crippen LogP contribution < -0.4 is 13.8 Å². The van der Waals surface area contributed by atoms with Crippen molar-refractivity contribution in [3.63, 3.8) is 0 Å². The van der Waals surface area contributed by atoms with Crippen molar-refractivity contribution in [1.29, 1.82) is 0 Å². The van der Waals surface area contributed by atoms with E-state index in [-0.39, 0.29) is 23.6 Å². The van der Waals surface area contributed by atoms with Crippen LogP contribution >= 0.6 is 0 Å². The van der Waals surface area contributed by atoms with Crippen molar-refractivity contribution in [1.82, 2.24) is 0 Å². The van der Waals surface area contributed by atoms with Crippen molar-refractivity contribution >= 4 is 21.7 Å². The molecule has 0 unspecified atom stereocenters. The molecule has 0 fully saturated rings. The predicted molar refractivity (Wildman–Crippen MR) is 126 cm³/mol. The minimum Gasteiger partial charge on any atom is -0.493 e. The Morgan fingerprint density at radius 1 is 0.909 bits per heavy atom. The van der Waals surface area contributed by atoms with Gasteiger partial charge in [-0.2, -0.15) is 0 Å². The normalized spacial score (nSPS) is 11.0. The Morgan fingerprint density at radius 2 is 1.52 bits per heavy atom. The van der Waals surface area contributed by atoms with E-state index in [1.165, 1.54) is 35.7 Å². The molecule has 0 spiro atoms. The molecular weight excluding hydrogens is 442 g/mol. The van der Waals surface area contributed by atoms with Crippen LogP contribution in [0.15, 0.2) is 71.6 Å². The van der Waals surface area contributed by atoms with Crippen LogP contribution in [0, 0.1) is 6.92 Å². The van der Waals surface area contributed by atoms with Gasteiger partial charge in [0, 0.05) is 6.54 Å². The highest BCUT2D eigenvalue weighted by molar-refractivity contribution is 7.92. The summed E-state index contributed by atoms with van der Waals surface area (Å²) in [6, 6.07) is 18.2. The second kappa shape index (κ2) is 10.4. The number of anilines is 1. The molecule has 0 saturated carbocycles. The third-order valence-electron chi connectivity index (χ3n) is 5.21. The van der Waals surface area contributed by atoms with Crippen LogP contribution in [0.5, 0.6) is 11.5 Å². The lowest BCUT2D eigenvalue weighted by Gasteiger charge is -2.23. The molecule has 0 aromatic heterocycles. The van der Waals surface area contributed by atoms with E-state index >= 15 is 0 Å². The minimum absolute atomic E-state index is 0.0443. The van der Waals surface area contributed by atoms with Gasteiger partial charge in [-0.3, -0.25) is 4.31 Å². The Balaban J connectivity index is 1.74. The molecule has 0 bridgehead atoms. The molecule has 33 heavy (non-hydrogen) atoms. The topological polar surface area (TPSA) is 82.1 Å². The van der Waals surface area contributed by atoms with E-state index in [9.17, 15) is 13.2 Å². The molecule has 0 aliphatic rings. The molecule has 7 nitrogen and oxygen atoms in total. The fourth-order valence-electron chi connectivity index (χ4n) is 3.38. The van der Waals surface area contributed by atoms with Gasteiger partial charge in [0.15, 0.2) is 11.5 Å². The van der Waals surface area contributed by atoms with Crippen molar-refractivity contribution in [3.05, 3.63) is 83.4 Å². The summed E-state index contributed by atoms with van der Waals surface area (Å²) in [6.07, 6.45) is 0. The monoisotopic (exact) mass is 469 g/mol. The molecule has 174 valence electrons. The number of carbonyl (C=O) groups excluding carboxylic acids is 1. The molecule has 8 heteroatoms. The highest BCUT2D eigenvalue weighted by atomic mass is 32.2. The van der Waals surface area contributed by atoms with Gasteiger partial charge in [-0.05, 0) is 73.5 Å². The lowest BCUT2D eigenvalue weighted by atomic mass is 10.1. The van der Waals surface area contributed by atoms with Crippen LogP contribution in [0.2, 0.25) is 0 Å². The number of esters is 1. The Morgan fingerprint density at radius 3 is 2.09 bits per heavy atom. The summed E-state index contributed by atoms with van der Waals surface area (Å²) in [5.41, 5.74) is 2.51. The largest absolute Gasteiger partial charge is 0.493 e. The Labute approximate surface area is 194 Å². The van der Waals surface area contributed by atoms with Crippen molar-refractivity contribution in [2.75, 3.05) is 25.1 Å². The first-order valence-corrected chi connectivity index (χ1v) is 11.8. The Kier molecular flexibility index (Phi) is 7.60. The number of aryl methyl sites for hydroxylation is 1. The maximum Gasteiger partial charge on any atom is 0.338 e. The van der Waals surface area contributed by atoms with Crippen LogP contribution in [-0.4, -0.2) is 35.2 Å². The number of nitrogens with zero attached hydrogens (tertiary/aromatic N) is 1. The summed E-state index contributed by atoms with van der Waals surface area (Å²) in [4.78, 5) is 12.6. The third-order valence-corrected chi connectivity index (χ3v) is 7.13. The summed E-state index contributed by atoms with van der Waals surface area (Å²) >= 11 is 0. The SMILES string of the molecule is CCN(c1ccccc1)S(=O)(=O)c1ccc(C(=O)OCc2cc(OC)c(OC)cc2C)cc1. The van der Waals surface area contributed by atoms with E-state index in [4.69, 9.17) is 14.2 Å². The van der Waals surface area contributed by atoms with E-state index in [1.807, 2.05) is 19.1 Å². The molecule has 3 aromatic rings. The van der Waals surface area contributed by atoms with Gasteiger partial charge in [-0.15, -0.1) is 0 Å². The summed E-state index contributed by atoms with van der Waals surface area (Å²) in [5.74, 6) is 0.588. The molecule has 0 amide bonds. The van der Waals surface area contributed by atoms with E-state index in [0.717, 1.165) is 11.1 Å². The van der Waals surface area contributed by atoms with E-state index in [2.05, 4.69) is 0 Å². The fourth-order valence-corrected chi connectivity index (χ4v) is 4.85. The van der Waals surface area contributed by atoms with Gasteiger partial charge in [0.1, 0.15) is 6.61 Å². The molecule has 0 aliphatic carbocycles. The van der Waals surface area contributed by atoms with Gasteiger partial charge in [0.05, 0.1) is 30.4 Å². The van der Waals surface area contributed by atoms with E-state index in [0.29, 0.717) is 17.2 Å². The first kappa shape index (κ1) is 24.1. The average molecular weight is 470 g/mol. The van der Waals surface area contributed by atoms with Crippen LogP contribution in [0.4, 0.5) is 5.69 Å². The standard InChI is InChI=1S/C25H27NO6S/c1-5-26(21-9-7-6-8-10-21)33(28,29)22-13-11-19(12-14-22)25(27)32-17-20-16-24(31-4)23(30-3)15-18(20)2/h6-16H,5,17H2,1-4H3.